The van der Waals surface area contributed by atoms with E-state index < -0.39 is 27.3 Å². The van der Waals surface area contributed by atoms with Gasteiger partial charge in [0.05, 0.1) is 17.3 Å². The van der Waals surface area contributed by atoms with Gasteiger partial charge in [-0.3, -0.25) is 9.59 Å². The van der Waals surface area contributed by atoms with Crippen molar-refractivity contribution in [2.45, 2.75) is 88.7 Å². The van der Waals surface area contributed by atoms with Crippen LogP contribution >= 0.6 is 0 Å². The fourth-order valence-corrected chi connectivity index (χ4v) is 5.72. The van der Waals surface area contributed by atoms with Crippen molar-refractivity contribution in [3.8, 4) is 5.75 Å². The van der Waals surface area contributed by atoms with E-state index >= 15 is 0 Å². The molecule has 1 aromatic rings. The molecular weight excluding hydrogens is 513 g/mol. The number of hydrogen-bond donors (Lipinski definition) is 0. The molecule has 212 valence electrons. The van der Waals surface area contributed by atoms with E-state index in [1.54, 1.807) is 20.8 Å². The second-order valence-corrected chi connectivity index (χ2v) is 13.0. The van der Waals surface area contributed by atoms with Crippen molar-refractivity contribution in [3.63, 3.8) is 0 Å². The predicted octanol–water partition coefficient (Wildman–Crippen LogP) is 4.97. The van der Waals surface area contributed by atoms with Gasteiger partial charge in [0, 0.05) is 25.4 Å². The molecular formula is C28H40FNO7S. The van der Waals surface area contributed by atoms with Gasteiger partial charge in [0.15, 0.2) is 5.94 Å². The summed E-state index contributed by atoms with van der Waals surface area (Å²) >= 11 is 0. The molecule has 0 atom stereocenters. The number of rotatable bonds is 11. The second-order valence-electron chi connectivity index (χ2n) is 11.0. The van der Waals surface area contributed by atoms with Crippen molar-refractivity contribution in [2.75, 3.05) is 25.6 Å². The third-order valence-corrected chi connectivity index (χ3v) is 8.19. The van der Waals surface area contributed by atoms with Crippen molar-refractivity contribution < 1.29 is 36.6 Å². The molecule has 8 nitrogen and oxygen atoms in total. The zero-order valence-corrected chi connectivity index (χ0v) is 23.4. The number of carbonyl (C=O) groups excluding carboxylic acids is 2. The zero-order valence-electron chi connectivity index (χ0n) is 22.6. The van der Waals surface area contributed by atoms with Gasteiger partial charge in [0.1, 0.15) is 18.0 Å². The van der Waals surface area contributed by atoms with Crippen LogP contribution < -0.4 is 4.74 Å². The molecule has 38 heavy (non-hydrogen) atoms. The van der Waals surface area contributed by atoms with Crippen LogP contribution in [0.15, 0.2) is 41.1 Å². The summed E-state index contributed by atoms with van der Waals surface area (Å²) in [5.41, 5.74) is -0.315. The Labute approximate surface area is 225 Å². The van der Waals surface area contributed by atoms with Crippen LogP contribution in [0.4, 0.5) is 4.39 Å². The lowest BCUT2D eigenvalue weighted by Gasteiger charge is -2.33. The van der Waals surface area contributed by atoms with Crippen LogP contribution in [0.1, 0.15) is 72.1 Å². The number of halogens is 1. The van der Waals surface area contributed by atoms with Crippen LogP contribution in [0.25, 0.3) is 0 Å². The molecule has 2 aliphatic rings. The van der Waals surface area contributed by atoms with Gasteiger partial charge in [-0.1, -0.05) is 12.8 Å². The van der Waals surface area contributed by atoms with Crippen LogP contribution in [0.5, 0.6) is 5.75 Å². The molecule has 2 fully saturated rings. The molecule has 0 unspecified atom stereocenters. The third-order valence-electron chi connectivity index (χ3n) is 6.75. The molecule has 0 N–H and O–H groups in total. The van der Waals surface area contributed by atoms with Crippen LogP contribution in [0.2, 0.25) is 0 Å². The molecule has 3 rings (SSSR count). The molecule has 0 spiro atoms. The number of amides is 1. The Hall–Kier alpha value is -2.46. The Morgan fingerprint density at radius 2 is 1.66 bits per heavy atom. The molecule has 0 radical (unpaired) electrons. The maximum absolute atomic E-state index is 13.2. The molecule has 1 aliphatic carbocycles. The minimum Gasteiger partial charge on any atom is -0.489 e. The Bertz CT molecular complexity index is 1070. The highest BCUT2D eigenvalue weighted by Crippen LogP contribution is 2.28. The first-order chi connectivity index (χ1) is 18.0. The lowest BCUT2D eigenvalue weighted by atomic mass is 10.0. The van der Waals surface area contributed by atoms with Crippen molar-refractivity contribution in [3.05, 3.63) is 36.2 Å². The van der Waals surface area contributed by atoms with E-state index in [0.29, 0.717) is 38.0 Å². The molecule has 1 saturated carbocycles. The fraction of sp³-hybridized carbons (Fsp3) is 0.643. The van der Waals surface area contributed by atoms with Crippen molar-refractivity contribution in [2.24, 2.45) is 5.92 Å². The highest BCUT2D eigenvalue weighted by molar-refractivity contribution is 7.91. The number of ether oxygens (including phenoxy) is 3. The van der Waals surface area contributed by atoms with E-state index in [0.717, 1.165) is 25.7 Å². The Morgan fingerprint density at radius 1 is 1.03 bits per heavy atom. The van der Waals surface area contributed by atoms with Crippen LogP contribution in [-0.2, 0) is 28.9 Å². The number of likely N-dealkylation sites (tertiary alicyclic amines) is 1. The topological polar surface area (TPSA) is 99.2 Å². The molecule has 1 saturated heterocycles. The maximum Gasteiger partial charge on any atom is 0.306 e. The van der Waals surface area contributed by atoms with Gasteiger partial charge >= 0.3 is 5.97 Å². The monoisotopic (exact) mass is 553 g/mol. The summed E-state index contributed by atoms with van der Waals surface area (Å²) in [5, 5.41) is 0. The van der Waals surface area contributed by atoms with Crippen molar-refractivity contribution in [1.82, 2.24) is 4.90 Å². The highest BCUT2D eigenvalue weighted by atomic mass is 32.2. The first-order valence-electron chi connectivity index (χ1n) is 13.3. The van der Waals surface area contributed by atoms with E-state index in [1.807, 2.05) is 4.90 Å². The summed E-state index contributed by atoms with van der Waals surface area (Å²) < 4.78 is 55.2. The molecule has 0 aromatic heterocycles. The maximum atomic E-state index is 13.2. The Morgan fingerprint density at radius 3 is 2.24 bits per heavy atom. The lowest BCUT2D eigenvalue weighted by Crippen LogP contribution is -2.43. The average molecular weight is 554 g/mol. The number of nitrogens with zero attached hydrogens (tertiary/aromatic N) is 1. The molecule has 10 heteroatoms. The summed E-state index contributed by atoms with van der Waals surface area (Å²) in [5.74, 6) is -0.101. The average Bonchev–Trinajstić information content (AvgIpc) is 3.42. The smallest absolute Gasteiger partial charge is 0.306 e. The minimum atomic E-state index is -3.67. The Kier molecular flexibility index (Phi) is 10.7. The van der Waals surface area contributed by atoms with Gasteiger partial charge in [0.25, 0.3) is 0 Å². The second kappa shape index (κ2) is 13.6. The molecule has 1 amide bonds. The van der Waals surface area contributed by atoms with Crippen LogP contribution in [0, 0.1) is 5.92 Å². The number of sulfone groups is 1. The molecule has 1 aliphatic heterocycles. The van der Waals surface area contributed by atoms with Gasteiger partial charge in [-0.15, -0.1) is 0 Å². The van der Waals surface area contributed by atoms with E-state index in [4.69, 9.17) is 14.2 Å². The van der Waals surface area contributed by atoms with Gasteiger partial charge in [-0.2, -0.15) is 0 Å². The number of benzene rings is 1. The van der Waals surface area contributed by atoms with Gasteiger partial charge in [-0.05, 0) is 82.7 Å². The zero-order chi connectivity index (χ0) is 27.8. The largest absolute Gasteiger partial charge is 0.489 e. The van der Waals surface area contributed by atoms with E-state index in [-0.39, 0.29) is 47.8 Å². The molecule has 1 aromatic carbocycles. The number of hydrogen-bond acceptors (Lipinski definition) is 7. The quantitative estimate of drug-likeness (QED) is 0.357. The van der Waals surface area contributed by atoms with Crippen LogP contribution in [-0.4, -0.2) is 62.5 Å². The Balaban J connectivity index is 1.41. The van der Waals surface area contributed by atoms with Crippen LogP contribution in [0.3, 0.4) is 0 Å². The van der Waals surface area contributed by atoms with Gasteiger partial charge in [-0.25, -0.2) is 12.8 Å². The standard InChI is InChI=1S/C28H40FNO7S/c1-28(2,3)37-26(31)13-8-21(18-29)19-35-23-9-11-25(12-10-23)38(33,34)20-36-24-14-16-30(17-15-24)27(32)22-6-4-5-7-22/h9-12,18,22,24H,4-8,13-17,19-20H2,1-3H3/b21-18+. The number of esters is 1. The number of piperidine rings is 1. The number of carbonyl (C=O) groups is 2. The summed E-state index contributed by atoms with van der Waals surface area (Å²) in [6, 6.07) is 5.86. The molecule has 1 heterocycles. The van der Waals surface area contributed by atoms with E-state index in [9.17, 15) is 22.4 Å². The molecule has 0 bridgehead atoms. The van der Waals surface area contributed by atoms with Crippen molar-refractivity contribution >= 4 is 21.7 Å². The fourth-order valence-electron chi connectivity index (χ4n) is 4.66. The first-order valence-corrected chi connectivity index (χ1v) is 15.0. The van der Waals surface area contributed by atoms with E-state index in [2.05, 4.69) is 0 Å². The third kappa shape index (κ3) is 9.38. The van der Waals surface area contributed by atoms with Crippen molar-refractivity contribution in [1.29, 1.82) is 0 Å². The van der Waals surface area contributed by atoms with Gasteiger partial charge < -0.3 is 19.1 Å². The predicted molar refractivity (Wildman–Crippen MR) is 141 cm³/mol. The summed E-state index contributed by atoms with van der Waals surface area (Å²) in [6.45, 7) is 6.41. The first kappa shape index (κ1) is 30.1. The lowest BCUT2D eigenvalue weighted by molar-refractivity contribution is -0.154. The SMILES string of the molecule is CC(C)(C)OC(=O)CC/C(=C\F)COc1ccc(S(=O)(=O)COC2CCN(C(=O)C3CCCC3)CC2)cc1. The van der Waals surface area contributed by atoms with Gasteiger partial charge in [0.2, 0.25) is 15.7 Å². The summed E-state index contributed by atoms with van der Waals surface area (Å²) in [7, 11) is -3.67. The van der Waals surface area contributed by atoms with E-state index in [1.165, 1.54) is 24.3 Å². The summed E-state index contributed by atoms with van der Waals surface area (Å²) in [4.78, 5) is 26.4. The summed E-state index contributed by atoms with van der Waals surface area (Å²) in [6.07, 6.45) is 5.82. The highest BCUT2D eigenvalue weighted by Gasteiger charge is 2.31. The normalized spacial score (nSPS) is 18.0. The minimum absolute atomic E-state index is 0.0312.